The van der Waals surface area contributed by atoms with Crippen molar-refractivity contribution in [3.8, 4) is 0 Å². The van der Waals surface area contributed by atoms with Gasteiger partial charge in [0.15, 0.2) is 6.10 Å². The molecule has 0 aliphatic heterocycles. The second-order valence-electron chi connectivity index (χ2n) is 19.9. The molecule has 0 saturated heterocycles. The largest absolute Gasteiger partial charge is 0.462 e. The summed E-state index contributed by atoms with van der Waals surface area (Å²) in [6, 6.07) is 0. The van der Waals surface area contributed by atoms with Crippen molar-refractivity contribution in [1.82, 2.24) is 0 Å². The number of unbranched alkanes of at least 4 members (excludes halogenated alkanes) is 29. The van der Waals surface area contributed by atoms with E-state index in [0.717, 1.165) is 89.9 Å². The van der Waals surface area contributed by atoms with Crippen molar-refractivity contribution in [2.45, 2.75) is 297 Å². The molecule has 0 amide bonds. The van der Waals surface area contributed by atoms with E-state index in [4.69, 9.17) is 14.2 Å². The Labute approximate surface area is 439 Å². The van der Waals surface area contributed by atoms with Crippen LogP contribution < -0.4 is 0 Å². The average Bonchev–Trinajstić information content (AvgIpc) is 3.37. The molecule has 6 heteroatoms. The molecule has 71 heavy (non-hydrogen) atoms. The van der Waals surface area contributed by atoms with Crippen molar-refractivity contribution < 1.29 is 28.6 Å². The predicted octanol–water partition coefficient (Wildman–Crippen LogP) is 20.3. The van der Waals surface area contributed by atoms with Crippen molar-refractivity contribution in [1.29, 1.82) is 0 Å². The number of carbonyl (C=O) groups is 3. The number of allylic oxidation sites excluding steroid dienone is 14. The number of esters is 3. The standard InChI is InChI=1S/C65H112O6/c1-4-7-10-13-16-19-21-23-25-27-29-31-33-35-36-38-40-42-44-46-49-52-55-58-64(67)70-61-62(60-69-63(66)57-54-51-48-18-15-12-9-6-3)71-65(68)59-56-53-50-47-45-43-41-39-37-34-32-30-28-26-24-22-20-17-14-11-8-5-2/h7,10,16,19,23,25,29,31,35-36,40,42,46,49,62H,4-6,8-9,11-15,17-18,20-22,24,26-28,30,32-34,37-39,41,43-45,47-48,50-61H2,1-3H3/b10-7-,19-16-,25-23-,31-29-,36-35-,42-40-,49-46-. The van der Waals surface area contributed by atoms with Crippen molar-refractivity contribution in [3.63, 3.8) is 0 Å². The fourth-order valence-corrected chi connectivity index (χ4v) is 8.43. The molecule has 0 aliphatic carbocycles. The third-order valence-corrected chi connectivity index (χ3v) is 12.9. The van der Waals surface area contributed by atoms with E-state index in [1.54, 1.807) is 0 Å². The normalized spacial score (nSPS) is 12.7. The molecule has 408 valence electrons. The van der Waals surface area contributed by atoms with Crippen LogP contribution in [0.1, 0.15) is 290 Å². The summed E-state index contributed by atoms with van der Waals surface area (Å²) in [5.74, 6) is -0.949. The van der Waals surface area contributed by atoms with Crippen LogP contribution in [0.3, 0.4) is 0 Å². The summed E-state index contributed by atoms with van der Waals surface area (Å²) < 4.78 is 16.8. The Bertz CT molecular complexity index is 1370. The van der Waals surface area contributed by atoms with Gasteiger partial charge in [0.2, 0.25) is 0 Å². The van der Waals surface area contributed by atoms with Crippen molar-refractivity contribution in [2.75, 3.05) is 13.2 Å². The lowest BCUT2D eigenvalue weighted by molar-refractivity contribution is -0.167. The Morgan fingerprint density at radius 1 is 0.296 bits per heavy atom. The van der Waals surface area contributed by atoms with Crippen LogP contribution in [0, 0.1) is 0 Å². The number of hydrogen-bond donors (Lipinski definition) is 0. The van der Waals surface area contributed by atoms with Gasteiger partial charge in [0.05, 0.1) is 0 Å². The highest BCUT2D eigenvalue weighted by atomic mass is 16.6. The van der Waals surface area contributed by atoms with E-state index in [2.05, 4.69) is 106 Å². The minimum Gasteiger partial charge on any atom is -0.462 e. The number of hydrogen-bond acceptors (Lipinski definition) is 6. The van der Waals surface area contributed by atoms with Crippen molar-refractivity contribution in [2.24, 2.45) is 0 Å². The molecule has 0 heterocycles. The maximum Gasteiger partial charge on any atom is 0.306 e. The fourth-order valence-electron chi connectivity index (χ4n) is 8.43. The van der Waals surface area contributed by atoms with Crippen LogP contribution in [0.15, 0.2) is 85.1 Å². The highest BCUT2D eigenvalue weighted by Crippen LogP contribution is 2.17. The maximum atomic E-state index is 12.8. The molecule has 0 aromatic heterocycles. The summed E-state index contributed by atoms with van der Waals surface area (Å²) in [6.07, 6.45) is 77.5. The zero-order valence-electron chi connectivity index (χ0n) is 46.7. The molecule has 0 fully saturated rings. The van der Waals surface area contributed by atoms with Gasteiger partial charge in [0.25, 0.3) is 0 Å². The topological polar surface area (TPSA) is 78.9 Å². The van der Waals surface area contributed by atoms with Gasteiger partial charge >= 0.3 is 17.9 Å². The molecule has 0 N–H and O–H groups in total. The third kappa shape index (κ3) is 57.4. The Kier molecular flexibility index (Phi) is 56.3. The molecule has 0 bridgehead atoms. The van der Waals surface area contributed by atoms with Crippen LogP contribution in [0.2, 0.25) is 0 Å². The molecule has 1 unspecified atom stereocenters. The second-order valence-corrected chi connectivity index (χ2v) is 19.9. The van der Waals surface area contributed by atoms with Crippen LogP contribution >= 0.6 is 0 Å². The van der Waals surface area contributed by atoms with Crippen molar-refractivity contribution in [3.05, 3.63) is 85.1 Å². The minimum atomic E-state index is -0.796. The second kappa shape index (κ2) is 59.2. The lowest BCUT2D eigenvalue weighted by Gasteiger charge is -2.18. The van der Waals surface area contributed by atoms with Gasteiger partial charge < -0.3 is 14.2 Å². The van der Waals surface area contributed by atoms with Crippen LogP contribution in [0.5, 0.6) is 0 Å². The molecule has 0 radical (unpaired) electrons. The Morgan fingerprint density at radius 3 is 0.859 bits per heavy atom. The van der Waals surface area contributed by atoms with E-state index < -0.39 is 6.10 Å². The third-order valence-electron chi connectivity index (χ3n) is 12.9. The van der Waals surface area contributed by atoms with Gasteiger partial charge in [0, 0.05) is 19.3 Å². The Balaban J connectivity index is 4.30. The lowest BCUT2D eigenvalue weighted by atomic mass is 10.0. The summed E-state index contributed by atoms with van der Waals surface area (Å²) in [6.45, 7) is 6.47. The summed E-state index contributed by atoms with van der Waals surface area (Å²) in [5.41, 5.74) is 0. The van der Waals surface area contributed by atoms with Gasteiger partial charge in [0.1, 0.15) is 13.2 Å². The zero-order chi connectivity index (χ0) is 51.4. The smallest absolute Gasteiger partial charge is 0.306 e. The summed E-state index contributed by atoms with van der Waals surface area (Å²) in [4.78, 5) is 38.0. The minimum absolute atomic E-state index is 0.0917. The van der Waals surface area contributed by atoms with E-state index in [1.165, 1.54) is 154 Å². The SMILES string of the molecule is CC/C=C\C/C=C\C/C=C\C/C=C\C/C=C\C/C=C\C/C=C\CCCC(=O)OCC(COC(=O)CCCCCCCCCC)OC(=O)CCCCCCCCCCCCCCCCCCCCCCCC. The zero-order valence-corrected chi connectivity index (χ0v) is 46.7. The molecule has 0 aliphatic rings. The van der Waals surface area contributed by atoms with Crippen LogP contribution in [-0.4, -0.2) is 37.2 Å². The quantitative estimate of drug-likeness (QED) is 0.0261. The fraction of sp³-hybridized carbons (Fsp3) is 0.738. The predicted molar refractivity (Wildman–Crippen MR) is 307 cm³/mol. The molecule has 0 aromatic rings. The average molecular weight is 990 g/mol. The van der Waals surface area contributed by atoms with Crippen LogP contribution in [-0.2, 0) is 28.6 Å². The summed E-state index contributed by atoms with van der Waals surface area (Å²) in [5, 5.41) is 0. The first-order chi connectivity index (χ1) is 35.0. The summed E-state index contributed by atoms with van der Waals surface area (Å²) in [7, 11) is 0. The highest BCUT2D eigenvalue weighted by Gasteiger charge is 2.19. The van der Waals surface area contributed by atoms with Gasteiger partial charge in [-0.1, -0.05) is 286 Å². The first-order valence-electron chi connectivity index (χ1n) is 30.1. The molecular weight excluding hydrogens is 877 g/mol. The van der Waals surface area contributed by atoms with E-state index >= 15 is 0 Å². The Morgan fingerprint density at radius 2 is 0.549 bits per heavy atom. The lowest BCUT2D eigenvalue weighted by Crippen LogP contribution is -2.30. The molecular formula is C65H112O6. The molecule has 0 rings (SSSR count). The number of rotatable bonds is 54. The first kappa shape index (κ1) is 67.6. The Hall–Kier alpha value is -3.41. The molecule has 6 nitrogen and oxygen atoms in total. The van der Waals surface area contributed by atoms with E-state index in [9.17, 15) is 14.4 Å². The number of carbonyl (C=O) groups excluding carboxylic acids is 3. The monoisotopic (exact) mass is 989 g/mol. The maximum absolute atomic E-state index is 12.8. The van der Waals surface area contributed by atoms with E-state index in [-0.39, 0.29) is 37.5 Å². The van der Waals surface area contributed by atoms with Gasteiger partial charge in [-0.3, -0.25) is 14.4 Å². The van der Waals surface area contributed by atoms with E-state index in [0.29, 0.717) is 19.3 Å². The molecule has 0 saturated carbocycles. The van der Waals surface area contributed by atoms with Gasteiger partial charge in [-0.2, -0.15) is 0 Å². The van der Waals surface area contributed by atoms with Crippen molar-refractivity contribution >= 4 is 17.9 Å². The van der Waals surface area contributed by atoms with Gasteiger partial charge in [-0.25, -0.2) is 0 Å². The van der Waals surface area contributed by atoms with Gasteiger partial charge in [-0.15, -0.1) is 0 Å². The van der Waals surface area contributed by atoms with Crippen LogP contribution in [0.25, 0.3) is 0 Å². The number of ether oxygens (including phenoxy) is 3. The van der Waals surface area contributed by atoms with E-state index in [1.807, 2.05) is 0 Å². The van der Waals surface area contributed by atoms with Crippen LogP contribution in [0.4, 0.5) is 0 Å². The van der Waals surface area contributed by atoms with Gasteiger partial charge in [-0.05, 0) is 70.6 Å². The molecule has 1 atom stereocenters. The first-order valence-corrected chi connectivity index (χ1v) is 30.1. The molecule has 0 spiro atoms. The molecule has 0 aromatic carbocycles. The summed E-state index contributed by atoms with van der Waals surface area (Å²) >= 11 is 0. The highest BCUT2D eigenvalue weighted by molar-refractivity contribution is 5.71.